The lowest BCUT2D eigenvalue weighted by Crippen LogP contribution is -1.81. The third-order valence-corrected chi connectivity index (χ3v) is 1.16. The largest absolute Gasteiger partial charge is 0.450 e. The number of carbonyl (C=O) groups is 3. The molecular weight excluding hydrogens is 148 g/mol. The van der Waals surface area contributed by atoms with E-state index in [1.807, 2.05) is 0 Å². The van der Waals surface area contributed by atoms with E-state index in [1.54, 1.807) is 0 Å². The molecule has 56 valence electrons. The fourth-order valence-electron chi connectivity index (χ4n) is 0.682. The average Bonchev–Trinajstić information content (AvgIpc) is 2.46. The molecule has 0 radical (unpaired) electrons. The van der Waals surface area contributed by atoms with E-state index in [1.165, 1.54) is 6.07 Å². The van der Waals surface area contributed by atoms with E-state index < -0.39 is 0 Å². The first kappa shape index (κ1) is 7.40. The Morgan fingerprint density at radius 2 is 1.82 bits per heavy atom. The summed E-state index contributed by atoms with van der Waals surface area (Å²) in [7, 11) is 0. The molecule has 1 heterocycles. The number of carbonyl (C=O) groups excluding carboxylic acids is 3. The molecule has 0 atom stereocenters. The second-order valence-electron chi connectivity index (χ2n) is 1.82. The van der Waals surface area contributed by atoms with Crippen molar-refractivity contribution in [3.05, 3.63) is 23.2 Å². The van der Waals surface area contributed by atoms with Crippen molar-refractivity contribution < 1.29 is 18.8 Å². The highest BCUT2D eigenvalue weighted by molar-refractivity contribution is 5.90. The normalized spacial score (nSPS) is 9.09. The summed E-state index contributed by atoms with van der Waals surface area (Å²) in [6.45, 7) is 0. The third-order valence-electron chi connectivity index (χ3n) is 1.16. The van der Waals surface area contributed by atoms with Gasteiger partial charge >= 0.3 is 0 Å². The maximum atomic E-state index is 10.2. The van der Waals surface area contributed by atoms with Crippen molar-refractivity contribution in [1.82, 2.24) is 0 Å². The van der Waals surface area contributed by atoms with Crippen molar-refractivity contribution in [2.75, 3.05) is 0 Å². The van der Waals surface area contributed by atoms with E-state index in [-0.39, 0.29) is 17.1 Å². The van der Waals surface area contributed by atoms with Crippen molar-refractivity contribution in [2.24, 2.45) is 0 Å². The molecule has 4 nitrogen and oxygen atoms in total. The maximum Gasteiger partial charge on any atom is 0.186 e. The molecule has 0 unspecified atom stereocenters. The first-order valence-corrected chi connectivity index (χ1v) is 2.81. The zero-order valence-electron chi connectivity index (χ0n) is 5.44. The summed E-state index contributed by atoms with van der Waals surface area (Å²) < 4.78 is 4.64. The van der Waals surface area contributed by atoms with Crippen LogP contribution in [0.5, 0.6) is 0 Å². The number of aldehydes is 3. The van der Waals surface area contributed by atoms with Gasteiger partial charge < -0.3 is 4.42 Å². The molecule has 0 bridgehead atoms. The van der Waals surface area contributed by atoms with Crippen LogP contribution in [0.4, 0.5) is 0 Å². The average molecular weight is 152 g/mol. The lowest BCUT2D eigenvalue weighted by Gasteiger charge is -1.78. The van der Waals surface area contributed by atoms with Gasteiger partial charge in [-0.1, -0.05) is 0 Å². The van der Waals surface area contributed by atoms with Gasteiger partial charge in [-0.05, 0) is 6.07 Å². The molecular formula is C7H4O4. The summed E-state index contributed by atoms with van der Waals surface area (Å²) in [5, 5.41) is 0. The zero-order chi connectivity index (χ0) is 8.27. The Bertz CT molecular complexity index is 272. The summed E-state index contributed by atoms with van der Waals surface area (Å²) in [5.74, 6) is -0.128. The molecule has 11 heavy (non-hydrogen) atoms. The fraction of sp³-hybridized carbons (Fsp3) is 0. The number of hydrogen-bond acceptors (Lipinski definition) is 4. The molecule has 1 aromatic rings. The van der Waals surface area contributed by atoms with E-state index in [0.29, 0.717) is 18.9 Å². The third kappa shape index (κ3) is 1.24. The Morgan fingerprint density at radius 1 is 1.09 bits per heavy atom. The predicted molar refractivity (Wildman–Crippen MR) is 34.9 cm³/mol. The molecule has 0 aromatic carbocycles. The van der Waals surface area contributed by atoms with E-state index in [0.717, 1.165) is 0 Å². The van der Waals surface area contributed by atoms with Crippen LogP contribution in [0.3, 0.4) is 0 Å². The molecule has 4 heteroatoms. The van der Waals surface area contributed by atoms with Gasteiger partial charge in [-0.2, -0.15) is 0 Å². The highest BCUT2D eigenvalue weighted by Crippen LogP contribution is 2.09. The molecule has 0 N–H and O–H groups in total. The Labute approximate surface area is 61.8 Å². The SMILES string of the molecule is O=Cc1cc(C=O)c(C=O)o1. The molecule has 1 aromatic heterocycles. The van der Waals surface area contributed by atoms with Gasteiger partial charge in [-0.15, -0.1) is 0 Å². The van der Waals surface area contributed by atoms with Gasteiger partial charge in [0.1, 0.15) is 0 Å². The van der Waals surface area contributed by atoms with Gasteiger partial charge in [0.2, 0.25) is 0 Å². The first-order valence-electron chi connectivity index (χ1n) is 2.81. The van der Waals surface area contributed by atoms with Gasteiger partial charge in [0.25, 0.3) is 0 Å². The highest BCUT2D eigenvalue weighted by atomic mass is 16.4. The smallest absolute Gasteiger partial charge is 0.186 e. The van der Waals surface area contributed by atoms with Gasteiger partial charge in [-0.3, -0.25) is 14.4 Å². The minimum atomic E-state index is -0.109. The number of hydrogen-bond donors (Lipinski definition) is 0. The van der Waals surface area contributed by atoms with Crippen LogP contribution in [0.2, 0.25) is 0 Å². The van der Waals surface area contributed by atoms with Crippen molar-refractivity contribution in [3.63, 3.8) is 0 Å². The van der Waals surface area contributed by atoms with Crippen LogP contribution in [0.1, 0.15) is 31.5 Å². The van der Waals surface area contributed by atoms with E-state index >= 15 is 0 Å². The van der Waals surface area contributed by atoms with Gasteiger partial charge in [0.05, 0.1) is 5.56 Å². The minimum Gasteiger partial charge on any atom is -0.450 e. The van der Waals surface area contributed by atoms with Crippen LogP contribution < -0.4 is 0 Å². The maximum absolute atomic E-state index is 10.2. The van der Waals surface area contributed by atoms with Gasteiger partial charge in [-0.25, -0.2) is 0 Å². The second-order valence-corrected chi connectivity index (χ2v) is 1.82. The van der Waals surface area contributed by atoms with Crippen LogP contribution in [0.25, 0.3) is 0 Å². The van der Waals surface area contributed by atoms with Crippen molar-refractivity contribution in [2.45, 2.75) is 0 Å². The van der Waals surface area contributed by atoms with Gasteiger partial charge in [0.15, 0.2) is 30.4 Å². The summed E-state index contributed by atoms with van der Waals surface area (Å²) in [6.07, 6.45) is 1.27. The molecule has 0 aliphatic carbocycles. The zero-order valence-corrected chi connectivity index (χ0v) is 5.44. The van der Waals surface area contributed by atoms with Crippen molar-refractivity contribution in [1.29, 1.82) is 0 Å². The summed E-state index contributed by atoms with van der Waals surface area (Å²) >= 11 is 0. The molecule has 0 aliphatic heterocycles. The topological polar surface area (TPSA) is 64.3 Å². The molecule has 0 aliphatic rings. The first-order chi connectivity index (χ1) is 5.31. The van der Waals surface area contributed by atoms with Crippen LogP contribution in [0, 0.1) is 0 Å². The minimum absolute atomic E-state index is 0.0193. The Morgan fingerprint density at radius 3 is 2.18 bits per heavy atom. The quantitative estimate of drug-likeness (QED) is 0.598. The Kier molecular flexibility index (Phi) is 1.96. The summed E-state index contributed by atoms with van der Waals surface area (Å²) in [5.41, 5.74) is 0.0992. The molecule has 0 spiro atoms. The van der Waals surface area contributed by atoms with Crippen LogP contribution in [-0.4, -0.2) is 18.9 Å². The van der Waals surface area contributed by atoms with Crippen LogP contribution in [-0.2, 0) is 0 Å². The molecule has 0 fully saturated rings. The molecule has 1 rings (SSSR count). The highest BCUT2D eigenvalue weighted by Gasteiger charge is 2.07. The fourth-order valence-corrected chi connectivity index (χ4v) is 0.682. The monoisotopic (exact) mass is 152 g/mol. The number of furan rings is 1. The van der Waals surface area contributed by atoms with Crippen molar-refractivity contribution in [3.8, 4) is 0 Å². The Balaban J connectivity index is 3.21. The molecule has 0 amide bonds. The van der Waals surface area contributed by atoms with E-state index in [9.17, 15) is 14.4 Å². The van der Waals surface area contributed by atoms with E-state index in [2.05, 4.69) is 4.42 Å². The van der Waals surface area contributed by atoms with Crippen LogP contribution >= 0.6 is 0 Å². The summed E-state index contributed by atoms with van der Waals surface area (Å²) in [6, 6.07) is 1.21. The van der Waals surface area contributed by atoms with E-state index in [4.69, 9.17) is 0 Å². The predicted octanol–water partition coefficient (Wildman–Crippen LogP) is 0.717. The Hall–Kier alpha value is -1.71. The molecule has 0 saturated carbocycles. The molecule has 0 saturated heterocycles. The lowest BCUT2D eigenvalue weighted by atomic mass is 10.3. The van der Waals surface area contributed by atoms with Gasteiger partial charge in [0, 0.05) is 0 Å². The lowest BCUT2D eigenvalue weighted by molar-refractivity contribution is 0.106. The number of rotatable bonds is 3. The second kappa shape index (κ2) is 2.92. The summed E-state index contributed by atoms with van der Waals surface area (Å²) in [4.78, 5) is 30.4. The van der Waals surface area contributed by atoms with Crippen LogP contribution in [0.15, 0.2) is 10.5 Å². The van der Waals surface area contributed by atoms with Crippen molar-refractivity contribution >= 4 is 18.9 Å². The standard InChI is InChI=1S/C7H4O4/c8-2-5-1-6(3-9)11-7(5)4-10/h1-4H.